The van der Waals surface area contributed by atoms with Crippen LogP contribution in [0.15, 0.2) is 60.7 Å². The molecule has 3 nitrogen and oxygen atoms in total. The van der Waals surface area contributed by atoms with Gasteiger partial charge < -0.3 is 14.6 Å². The van der Waals surface area contributed by atoms with Crippen molar-refractivity contribution in [2.45, 2.75) is 6.92 Å². The van der Waals surface area contributed by atoms with Crippen molar-refractivity contribution in [3.05, 3.63) is 66.2 Å². The van der Waals surface area contributed by atoms with Gasteiger partial charge in [0.1, 0.15) is 30.5 Å². The van der Waals surface area contributed by atoms with Crippen LogP contribution in [-0.4, -0.2) is 18.3 Å². The average molecular weight is 294 g/mol. The standard InChI is InChI=1S/C19H18O3/c1-14-13-18(16-9-5-6-10-17(16)19(14)20)22-12-11-21-15-7-3-2-4-8-15/h2-10,13,20H,11-12H2,1H3. The molecule has 0 heterocycles. The number of phenols is 1. The fraction of sp³-hybridized carbons (Fsp3) is 0.158. The Balaban J connectivity index is 1.70. The molecule has 0 spiro atoms. The van der Waals surface area contributed by atoms with E-state index in [9.17, 15) is 5.11 Å². The minimum atomic E-state index is 0.309. The van der Waals surface area contributed by atoms with Crippen LogP contribution in [0.25, 0.3) is 10.8 Å². The Bertz CT molecular complexity index is 766. The Morgan fingerprint density at radius 3 is 2.23 bits per heavy atom. The summed E-state index contributed by atoms with van der Waals surface area (Å²) in [6.45, 7) is 2.79. The summed E-state index contributed by atoms with van der Waals surface area (Å²) < 4.78 is 11.5. The topological polar surface area (TPSA) is 38.7 Å². The minimum absolute atomic E-state index is 0.309. The number of phenolic OH excluding ortho intramolecular Hbond substituents is 1. The van der Waals surface area contributed by atoms with Gasteiger partial charge in [0.15, 0.2) is 0 Å². The molecule has 3 heteroatoms. The van der Waals surface area contributed by atoms with E-state index in [2.05, 4.69) is 0 Å². The number of rotatable bonds is 5. The summed E-state index contributed by atoms with van der Waals surface area (Å²) in [7, 11) is 0. The predicted molar refractivity (Wildman–Crippen MR) is 87.8 cm³/mol. The smallest absolute Gasteiger partial charge is 0.127 e. The largest absolute Gasteiger partial charge is 0.507 e. The summed E-state index contributed by atoms with van der Waals surface area (Å²) in [5, 5.41) is 11.8. The molecule has 0 amide bonds. The second-order valence-corrected chi connectivity index (χ2v) is 5.10. The molecule has 0 saturated carbocycles. The summed E-state index contributed by atoms with van der Waals surface area (Å²) in [6, 6.07) is 19.2. The Hall–Kier alpha value is -2.68. The van der Waals surface area contributed by atoms with E-state index in [1.54, 1.807) is 0 Å². The van der Waals surface area contributed by atoms with Crippen LogP contribution in [-0.2, 0) is 0 Å². The van der Waals surface area contributed by atoms with Crippen molar-refractivity contribution in [1.82, 2.24) is 0 Å². The van der Waals surface area contributed by atoms with Crippen LogP contribution >= 0.6 is 0 Å². The Kier molecular flexibility index (Phi) is 4.15. The summed E-state index contributed by atoms with van der Waals surface area (Å²) in [5.41, 5.74) is 0.803. The van der Waals surface area contributed by atoms with Gasteiger partial charge in [-0.1, -0.05) is 42.5 Å². The van der Waals surface area contributed by atoms with E-state index >= 15 is 0 Å². The van der Waals surface area contributed by atoms with Crippen molar-refractivity contribution in [3.63, 3.8) is 0 Å². The number of hydrogen-bond donors (Lipinski definition) is 1. The van der Waals surface area contributed by atoms with E-state index in [4.69, 9.17) is 9.47 Å². The van der Waals surface area contributed by atoms with E-state index in [1.165, 1.54) is 0 Å². The highest BCUT2D eigenvalue weighted by Crippen LogP contribution is 2.35. The normalized spacial score (nSPS) is 10.6. The van der Waals surface area contributed by atoms with Gasteiger partial charge in [-0.3, -0.25) is 0 Å². The van der Waals surface area contributed by atoms with Crippen LogP contribution < -0.4 is 9.47 Å². The van der Waals surface area contributed by atoms with Gasteiger partial charge in [0, 0.05) is 10.8 Å². The summed E-state index contributed by atoms with van der Waals surface area (Å²) in [5.74, 6) is 1.91. The summed E-state index contributed by atoms with van der Waals surface area (Å²) in [6.07, 6.45) is 0. The average Bonchev–Trinajstić information content (AvgIpc) is 2.57. The second kappa shape index (κ2) is 6.39. The van der Waals surface area contributed by atoms with E-state index < -0.39 is 0 Å². The molecule has 3 aromatic rings. The molecule has 0 fully saturated rings. The lowest BCUT2D eigenvalue weighted by Gasteiger charge is -2.13. The van der Waals surface area contributed by atoms with E-state index in [0.717, 1.165) is 27.8 Å². The maximum absolute atomic E-state index is 10.1. The van der Waals surface area contributed by atoms with Crippen LogP contribution in [0.2, 0.25) is 0 Å². The first-order chi connectivity index (χ1) is 10.8. The molecule has 0 saturated heterocycles. The maximum atomic E-state index is 10.1. The third kappa shape index (κ3) is 2.98. The zero-order valence-corrected chi connectivity index (χ0v) is 12.5. The molecule has 3 aromatic carbocycles. The first-order valence-corrected chi connectivity index (χ1v) is 7.27. The van der Waals surface area contributed by atoms with Crippen molar-refractivity contribution in [2.24, 2.45) is 0 Å². The fourth-order valence-corrected chi connectivity index (χ4v) is 2.41. The molecule has 0 aromatic heterocycles. The minimum Gasteiger partial charge on any atom is -0.507 e. The van der Waals surface area contributed by atoms with Crippen LogP contribution in [0.4, 0.5) is 0 Å². The third-order valence-corrected chi connectivity index (χ3v) is 3.52. The van der Waals surface area contributed by atoms with Crippen LogP contribution in [0.5, 0.6) is 17.2 Å². The quantitative estimate of drug-likeness (QED) is 0.713. The number of para-hydroxylation sites is 1. The number of hydrogen-bond acceptors (Lipinski definition) is 3. The lowest BCUT2D eigenvalue weighted by Crippen LogP contribution is -2.09. The SMILES string of the molecule is Cc1cc(OCCOc2ccccc2)c2ccccc2c1O. The number of benzene rings is 3. The van der Waals surface area contributed by atoms with Crippen molar-refractivity contribution >= 4 is 10.8 Å². The van der Waals surface area contributed by atoms with Crippen molar-refractivity contribution in [2.75, 3.05) is 13.2 Å². The highest BCUT2D eigenvalue weighted by Gasteiger charge is 2.09. The van der Waals surface area contributed by atoms with Crippen LogP contribution in [0.3, 0.4) is 0 Å². The molecular weight excluding hydrogens is 276 g/mol. The molecular formula is C19H18O3. The molecule has 0 unspecified atom stereocenters. The zero-order chi connectivity index (χ0) is 15.4. The lowest BCUT2D eigenvalue weighted by molar-refractivity contribution is 0.218. The monoisotopic (exact) mass is 294 g/mol. The molecule has 3 rings (SSSR count). The Labute approximate surface area is 129 Å². The number of aryl methyl sites for hydroxylation is 1. The van der Waals surface area contributed by atoms with Gasteiger partial charge in [-0.25, -0.2) is 0 Å². The van der Waals surface area contributed by atoms with Gasteiger partial charge in [-0.05, 0) is 30.7 Å². The van der Waals surface area contributed by atoms with Gasteiger partial charge in [0.25, 0.3) is 0 Å². The number of fused-ring (bicyclic) bond motifs is 1. The Morgan fingerprint density at radius 1 is 0.818 bits per heavy atom. The van der Waals surface area contributed by atoms with Crippen LogP contribution in [0.1, 0.15) is 5.56 Å². The Morgan fingerprint density at radius 2 is 1.45 bits per heavy atom. The summed E-state index contributed by atoms with van der Waals surface area (Å²) in [4.78, 5) is 0. The molecule has 22 heavy (non-hydrogen) atoms. The molecule has 0 bridgehead atoms. The molecule has 1 N–H and O–H groups in total. The third-order valence-electron chi connectivity index (χ3n) is 3.52. The molecule has 0 aliphatic heterocycles. The van der Waals surface area contributed by atoms with Crippen molar-refractivity contribution in [1.29, 1.82) is 0 Å². The molecule has 0 aliphatic carbocycles. The van der Waals surface area contributed by atoms with Crippen LogP contribution in [0, 0.1) is 6.92 Å². The van der Waals surface area contributed by atoms with Gasteiger partial charge in [0.05, 0.1) is 0 Å². The second-order valence-electron chi connectivity index (χ2n) is 5.10. The van der Waals surface area contributed by atoms with Gasteiger partial charge >= 0.3 is 0 Å². The molecule has 0 atom stereocenters. The number of ether oxygens (including phenoxy) is 2. The first kappa shape index (κ1) is 14.3. The molecule has 112 valence electrons. The molecule has 0 radical (unpaired) electrons. The van der Waals surface area contributed by atoms with E-state index in [0.29, 0.717) is 19.0 Å². The first-order valence-electron chi connectivity index (χ1n) is 7.27. The predicted octanol–water partition coefficient (Wildman–Crippen LogP) is 4.31. The number of aromatic hydroxyl groups is 1. The van der Waals surface area contributed by atoms with Gasteiger partial charge in [-0.15, -0.1) is 0 Å². The molecule has 0 aliphatic rings. The highest BCUT2D eigenvalue weighted by atomic mass is 16.5. The summed E-state index contributed by atoms with van der Waals surface area (Å²) >= 11 is 0. The van der Waals surface area contributed by atoms with E-state index in [-0.39, 0.29) is 0 Å². The fourth-order valence-electron chi connectivity index (χ4n) is 2.41. The lowest BCUT2D eigenvalue weighted by atomic mass is 10.1. The zero-order valence-electron chi connectivity index (χ0n) is 12.5. The maximum Gasteiger partial charge on any atom is 0.127 e. The van der Waals surface area contributed by atoms with Gasteiger partial charge in [0.2, 0.25) is 0 Å². The van der Waals surface area contributed by atoms with Gasteiger partial charge in [-0.2, -0.15) is 0 Å². The van der Waals surface area contributed by atoms with E-state index in [1.807, 2.05) is 67.6 Å². The highest BCUT2D eigenvalue weighted by molar-refractivity contribution is 5.94. The van der Waals surface area contributed by atoms with Crippen molar-refractivity contribution < 1.29 is 14.6 Å². The van der Waals surface area contributed by atoms with Crippen molar-refractivity contribution in [3.8, 4) is 17.2 Å².